The van der Waals surface area contributed by atoms with Crippen LogP contribution in [0, 0.1) is 40.5 Å². The molecular weight excluding hydrogens is 904 g/mol. The van der Waals surface area contributed by atoms with Gasteiger partial charge in [0.25, 0.3) is 22.7 Å². The Balaban J connectivity index is 2.43. The molecule has 18 heteroatoms. The van der Waals surface area contributed by atoms with Gasteiger partial charge in [-0.15, -0.1) is 47.0 Å². The van der Waals surface area contributed by atoms with Crippen LogP contribution >= 0.6 is 78.9 Å². The fourth-order valence-corrected chi connectivity index (χ4v) is 11.4. The maximum atomic E-state index is 12.5. The molecule has 286 valence electrons. The summed E-state index contributed by atoms with van der Waals surface area (Å²) in [5, 5.41) is 50.2. The molecule has 4 aromatic carbocycles. The average Bonchev–Trinajstić information content (AvgIpc) is 3.14. The molecule has 0 aliphatic carbocycles. The van der Waals surface area contributed by atoms with Crippen LogP contribution in [0.3, 0.4) is 0 Å². The van der Waals surface area contributed by atoms with Crippen molar-refractivity contribution in [2.24, 2.45) is 0 Å². The van der Waals surface area contributed by atoms with E-state index in [2.05, 4.69) is 31.9 Å². The van der Waals surface area contributed by atoms with E-state index in [1.165, 1.54) is 59.9 Å². The third kappa shape index (κ3) is 9.44. The lowest BCUT2D eigenvalue weighted by atomic mass is 9.93. The number of rotatable bonds is 19. The molecule has 0 unspecified atom stereocenters. The van der Waals surface area contributed by atoms with Crippen LogP contribution in [0.25, 0.3) is 33.4 Å². The molecule has 0 saturated carbocycles. The maximum Gasteiger partial charge on any atom is 0.284 e. The van der Waals surface area contributed by atoms with Crippen molar-refractivity contribution in [1.29, 1.82) is 0 Å². The van der Waals surface area contributed by atoms with E-state index < -0.39 is 42.4 Å². The summed E-state index contributed by atoms with van der Waals surface area (Å²) in [4.78, 5) is 50.4. The van der Waals surface area contributed by atoms with Gasteiger partial charge in [-0.1, -0.05) is 27.7 Å². The molecule has 0 heterocycles. The molecule has 4 rings (SSSR count). The van der Waals surface area contributed by atoms with Gasteiger partial charge in [0.15, 0.2) is 0 Å². The molecule has 0 fully saturated rings. The Kier molecular flexibility index (Phi) is 16.2. The smallest absolute Gasteiger partial charge is 0.258 e. The van der Waals surface area contributed by atoms with E-state index in [4.69, 9.17) is 0 Å². The van der Waals surface area contributed by atoms with Crippen molar-refractivity contribution in [3.05, 3.63) is 97.9 Å². The van der Waals surface area contributed by atoms with E-state index in [9.17, 15) is 40.5 Å². The monoisotopic (exact) mass is 938 g/mol. The highest BCUT2D eigenvalue weighted by Crippen LogP contribution is 2.58. The van der Waals surface area contributed by atoms with Gasteiger partial charge in [-0.05, 0) is 105 Å². The van der Waals surface area contributed by atoms with Crippen molar-refractivity contribution in [2.75, 3.05) is 23.0 Å². The standard InChI is InChI=1S/C36H36Br2N4O8S4/c1-5-15-51-33-21(29-25(39(43)44)11-9-12-26(29)40(45)46)19-23(37)35(53-17-7-3)31(33)32-34(52-16-6-2)22(20-24(38)36(32)54-18-8-4)30-27(41(47)48)13-10-14-28(30)42(49)50/h9-14,19-20H,5-8,15-18H2,1-4H3. The van der Waals surface area contributed by atoms with Crippen LogP contribution in [-0.2, 0) is 0 Å². The fourth-order valence-electron chi connectivity index (χ4n) is 5.67. The molecule has 54 heavy (non-hydrogen) atoms. The Labute approximate surface area is 346 Å². The van der Waals surface area contributed by atoms with Gasteiger partial charge < -0.3 is 0 Å². The van der Waals surface area contributed by atoms with Gasteiger partial charge in [-0.3, -0.25) is 40.5 Å². The minimum atomic E-state index is -0.625. The Morgan fingerprint density at radius 1 is 0.463 bits per heavy atom. The highest BCUT2D eigenvalue weighted by molar-refractivity contribution is 9.10. The number of halogens is 2. The molecule has 0 saturated heterocycles. The summed E-state index contributed by atoms with van der Waals surface area (Å²) in [6, 6.07) is 11.0. The van der Waals surface area contributed by atoms with Crippen molar-refractivity contribution in [2.45, 2.75) is 73.0 Å². The number of nitro groups is 4. The predicted molar refractivity (Wildman–Crippen MR) is 229 cm³/mol. The zero-order valence-corrected chi connectivity index (χ0v) is 36.2. The summed E-state index contributed by atoms with van der Waals surface area (Å²) >= 11 is 13.5. The molecule has 0 spiro atoms. The van der Waals surface area contributed by atoms with E-state index in [1.807, 2.05) is 27.7 Å². The maximum absolute atomic E-state index is 12.5. The molecule has 0 aliphatic heterocycles. The molecule has 0 radical (unpaired) electrons. The summed E-state index contributed by atoms with van der Waals surface area (Å²) in [5.74, 6) is 2.47. The zero-order valence-electron chi connectivity index (χ0n) is 29.7. The van der Waals surface area contributed by atoms with Crippen LogP contribution in [0.4, 0.5) is 22.7 Å². The quantitative estimate of drug-likeness (QED) is 0.0495. The van der Waals surface area contributed by atoms with Crippen LogP contribution in [0.1, 0.15) is 53.4 Å². The first kappa shape index (κ1) is 43.6. The lowest BCUT2D eigenvalue weighted by Crippen LogP contribution is -2.04. The number of thioether (sulfide) groups is 4. The summed E-state index contributed by atoms with van der Waals surface area (Å²) in [6.45, 7) is 8.05. The predicted octanol–water partition coefficient (Wildman–Crippen LogP) is 13.9. The van der Waals surface area contributed by atoms with Crippen LogP contribution in [0.15, 0.2) is 77.1 Å². The van der Waals surface area contributed by atoms with Crippen molar-refractivity contribution < 1.29 is 19.7 Å². The molecule has 0 atom stereocenters. The number of hydrogen-bond acceptors (Lipinski definition) is 12. The Bertz CT molecular complexity index is 1890. The number of hydrogen-bond donors (Lipinski definition) is 0. The van der Waals surface area contributed by atoms with Gasteiger partial charge >= 0.3 is 0 Å². The van der Waals surface area contributed by atoms with E-state index in [0.29, 0.717) is 65.7 Å². The first-order chi connectivity index (χ1) is 25.8. The number of nitrogens with zero attached hydrogens (tertiary/aromatic N) is 4. The Morgan fingerprint density at radius 3 is 0.963 bits per heavy atom. The molecule has 12 nitrogen and oxygen atoms in total. The van der Waals surface area contributed by atoms with E-state index in [-0.39, 0.29) is 22.3 Å². The minimum Gasteiger partial charge on any atom is -0.258 e. The number of benzene rings is 4. The minimum absolute atomic E-state index is 0.143. The number of nitro benzene ring substituents is 4. The molecular formula is C36H36Br2N4O8S4. The summed E-state index contributed by atoms with van der Waals surface area (Å²) in [5.41, 5.74) is -0.152. The second-order valence-corrected chi connectivity index (χ2v) is 17.8. The SMILES string of the molecule is CCCSc1c(Br)cc(-c2c([N+](=O)[O-])cccc2[N+](=O)[O-])c(SCCC)c1-c1c(SCCC)c(Br)cc(-c2c([N+](=O)[O-])cccc2[N+](=O)[O-])c1SCCC. The molecule has 0 bridgehead atoms. The van der Waals surface area contributed by atoms with Gasteiger partial charge in [0.1, 0.15) is 11.1 Å². The normalized spacial score (nSPS) is 11.1. The summed E-state index contributed by atoms with van der Waals surface area (Å²) in [6.07, 6.45) is 3.01. The first-order valence-corrected chi connectivity index (χ1v) is 22.5. The molecule has 4 aromatic rings. The molecule has 0 N–H and O–H groups in total. The summed E-state index contributed by atoms with van der Waals surface area (Å²) in [7, 11) is 0. The zero-order chi connectivity index (χ0) is 39.7. The second kappa shape index (κ2) is 20.1. The third-order valence-electron chi connectivity index (χ3n) is 7.79. The van der Waals surface area contributed by atoms with Gasteiger partial charge in [0, 0.05) is 75.0 Å². The van der Waals surface area contributed by atoms with Crippen molar-refractivity contribution in [3.63, 3.8) is 0 Å². The topological polar surface area (TPSA) is 173 Å². The summed E-state index contributed by atoms with van der Waals surface area (Å²) < 4.78 is 1.10. The van der Waals surface area contributed by atoms with Gasteiger partial charge in [-0.25, -0.2) is 0 Å². The van der Waals surface area contributed by atoms with Crippen LogP contribution < -0.4 is 0 Å². The third-order valence-corrected chi connectivity index (χ3v) is 14.9. The fraction of sp³-hybridized carbons (Fsp3) is 0.333. The molecule has 0 aromatic heterocycles. The highest BCUT2D eigenvalue weighted by Gasteiger charge is 2.35. The van der Waals surface area contributed by atoms with Gasteiger partial charge in [0.2, 0.25) is 0 Å². The lowest BCUT2D eigenvalue weighted by Gasteiger charge is -2.26. The van der Waals surface area contributed by atoms with Gasteiger partial charge in [0.05, 0.1) is 19.7 Å². The largest absolute Gasteiger partial charge is 0.284 e. The molecule has 0 aliphatic rings. The van der Waals surface area contributed by atoms with E-state index >= 15 is 0 Å². The second-order valence-electron chi connectivity index (χ2n) is 11.6. The highest BCUT2D eigenvalue weighted by atomic mass is 79.9. The van der Waals surface area contributed by atoms with Crippen molar-refractivity contribution >= 4 is 102 Å². The molecule has 0 amide bonds. The Morgan fingerprint density at radius 2 is 0.722 bits per heavy atom. The van der Waals surface area contributed by atoms with Crippen molar-refractivity contribution in [3.8, 4) is 33.4 Å². The average molecular weight is 941 g/mol. The Hall–Kier alpha value is -3.16. The van der Waals surface area contributed by atoms with E-state index in [0.717, 1.165) is 22.6 Å². The lowest BCUT2D eigenvalue weighted by molar-refractivity contribution is -0.393. The van der Waals surface area contributed by atoms with Crippen molar-refractivity contribution in [1.82, 2.24) is 0 Å². The van der Waals surface area contributed by atoms with E-state index in [1.54, 1.807) is 35.7 Å². The first-order valence-electron chi connectivity index (χ1n) is 16.9. The van der Waals surface area contributed by atoms with Crippen LogP contribution in [0.2, 0.25) is 0 Å². The van der Waals surface area contributed by atoms with Gasteiger partial charge in [-0.2, -0.15) is 0 Å². The van der Waals surface area contributed by atoms with Crippen LogP contribution in [-0.4, -0.2) is 42.7 Å². The van der Waals surface area contributed by atoms with Crippen LogP contribution in [0.5, 0.6) is 0 Å².